The monoisotopic (exact) mass is 190 g/mol. The molecule has 0 atom stereocenters. The molecule has 0 spiro atoms. The van der Waals surface area contributed by atoms with E-state index in [1.54, 1.807) is 0 Å². The average Bonchev–Trinajstić information content (AvgIpc) is 2.19. The molecule has 0 saturated heterocycles. The fourth-order valence-electron chi connectivity index (χ4n) is 1.86. The summed E-state index contributed by atoms with van der Waals surface area (Å²) >= 11 is 1.95. The van der Waals surface area contributed by atoms with Crippen LogP contribution >= 0.6 is 11.8 Å². The highest BCUT2D eigenvalue weighted by Crippen LogP contribution is 2.37. The first-order valence-corrected chi connectivity index (χ1v) is 5.44. The third-order valence-corrected chi connectivity index (χ3v) is 3.48. The number of hydrogen-bond donors (Lipinski definition) is 0. The standard InChI is InChI=1S/C10H10N2S/c1-2-8-6-11-7-12-4-5-13-9(3-1)10(8)12/h1-3,6H,4-5,7H2. The fourth-order valence-corrected chi connectivity index (χ4v) is 2.95. The second kappa shape index (κ2) is 2.77. The van der Waals surface area contributed by atoms with Crippen molar-refractivity contribution in [1.29, 1.82) is 0 Å². The van der Waals surface area contributed by atoms with Crippen LogP contribution in [0.2, 0.25) is 0 Å². The highest BCUT2D eigenvalue weighted by atomic mass is 32.2. The number of rotatable bonds is 0. The lowest BCUT2D eigenvalue weighted by atomic mass is 10.1. The van der Waals surface area contributed by atoms with Gasteiger partial charge in [0.25, 0.3) is 0 Å². The van der Waals surface area contributed by atoms with Crippen LogP contribution in [0.1, 0.15) is 5.56 Å². The normalized spacial score (nSPS) is 18.6. The van der Waals surface area contributed by atoms with Gasteiger partial charge in [0.2, 0.25) is 0 Å². The van der Waals surface area contributed by atoms with Crippen molar-refractivity contribution in [3.05, 3.63) is 23.8 Å². The van der Waals surface area contributed by atoms with Gasteiger partial charge in [-0.15, -0.1) is 11.8 Å². The molecule has 3 heteroatoms. The van der Waals surface area contributed by atoms with Gasteiger partial charge in [0.15, 0.2) is 0 Å². The molecule has 0 saturated carbocycles. The number of para-hydroxylation sites is 1. The maximum Gasteiger partial charge on any atom is 0.110 e. The lowest BCUT2D eigenvalue weighted by Crippen LogP contribution is -2.32. The van der Waals surface area contributed by atoms with Crippen LogP contribution in [0.25, 0.3) is 0 Å². The molecule has 0 aromatic heterocycles. The third-order valence-electron chi connectivity index (χ3n) is 2.45. The number of aliphatic imine (C=N–C) groups is 1. The number of nitrogens with zero attached hydrogens (tertiary/aromatic N) is 2. The van der Waals surface area contributed by atoms with Gasteiger partial charge in [-0.3, -0.25) is 4.99 Å². The third kappa shape index (κ3) is 1.07. The largest absolute Gasteiger partial charge is 0.350 e. The summed E-state index contributed by atoms with van der Waals surface area (Å²) in [6, 6.07) is 6.46. The van der Waals surface area contributed by atoms with Crippen molar-refractivity contribution in [2.75, 3.05) is 23.9 Å². The highest BCUT2D eigenvalue weighted by molar-refractivity contribution is 7.99. The minimum atomic E-state index is 0.838. The summed E-state index contributed by atoms with van der Waals surface area (Å²) < 4.78 is 0. The second-order valence-corrected chi connectivity index (χ2v) is 4.40. The maximum absolute atomic E-state index is 4.34. The summed E-state index contributed by atoms with van der Waals surface area (Å²) in [6.07, 6.45) is 1.99. The van der Waals surface area contributed by atoms with Crippen LogP contribution in [0, 0.1) is 0 Å². The number of thioether (sulfide) groups is 1. The Morgan fingerprint density at radius 1 is 1.38 bits per heavy atom. The van der Waals surface area contributed by atoms with Crippen molar-refractivity contribution < 1.29 is 0 Å². The Labute approximate surface area is 81.7 Å². The average molecular weight is 190 g/mol. The predicted molar refractivity (Wildman–Crippen MR) is 57.0 cm³/mol. The summed E-state index contributed by atoms with van der Waals surface area (Å²) in [7, 11) is 0. The molecule has 1 aromatic carbocycles. The Morgan fingerprint density at radius 2 is 2.38 bits per heavy atom. The van der Waals surface area contributed by atoms with Gasteiger partial charge in [0, 0.05) is 29.0 Å². The predicted octanol–water partition coefficient (Wildman–Crippen LogP) is 1.99. The lowest BCUT2D eigenvalue weighted by molar-refractivity contribution is 0.821. The van der Waals surface area contributed by atoms with Crippen molar-refractivity contribution in [3.8, 4) is 0 Å². The van der Waals surface area contributed by atoms with Crippen LogP contribution in [0.15, 0.2) is 28.1 Å². The SMILES string of the molecule is C1=NCN2CCSc3cccc1c32. The number of hydrogen-bond acceptors (Lipinski definition) is 3. The Bertz CT molecular complexity index is 373. The van der Waals surface area contributed by atoms with E-state index in [1.807, 2.05) is 18.0 Å². The van der Waals surface area contributed by atoms with Gasteiger partial charge >= 0.3 is 0 Å². The Kier molecular flexibility index (Phi) is 1.59. The number of anilines is 1. The lowest BCUT2D eigenvalue weighted by Gasteiger charge is -2.32. The van der Waals surface area contributed by atoms with Crippen molar-refractivity contribution in [3.63, 3.8) is 0 Å². The van der Waals surface area contributed by atoms with E-state index in [2.05, 4.69) is 28.1 Å². The molecular formula is C10H10N2S. The summed E-state index contributed by atoms with van der Waals surface area (Å²) in [5.41, 5.74) is 2.67. The first-order valence-electron chi connectivity index (χ1n) is 4.46. The summed E-state index contributed by atoms with van der Waals surface area (Å²) in [5.74, 6) is 1.19. The van der Waals surface area contributed by atoms with Crippen molar-refractivity contribution in [1.82, 2.24) is 0 Å². The molecular weight excluding hydrogens is 180 g/mol. The van der Waals surface area contributed by atoms with Crippen molar-refractivity contribution in [2.24, 2.45) is 4.99 Å². The molecule has 0 amide bonds. The van der Waals surface area contributed by atoms with Gasteiger partial charge in [0.05, 0.1) is 5.69 Å². The Morgan fingerprint density at radius 3 is 3.38 bits per heavy atom. The van der Waals surface area contributed by atoms with E-state index in [0.29, 0.717) is 0 Å². The second-order valence-electron chi connectivity index (χ2n) is 3.26. The van der Waals surface area contributed by atoms with Gasteiger partial charge in [-0.05, 0) is 6.07 Å². The molecule has 2 heterocycles. The van der Waals surface area contributed by atoms with Crippen LogP contribution in [0.4, 0.5) is 5.69 Å². The molecule has 13 heavy (non-hydrogen) atoms. The van der Waals surface area contributed by atoms with Crippen LogP contribution in [-0.2, 0) is 0 Å². The zero-order chi connectivity index (χ0) is 8.67. The molecule has 2 aliphatic rings. The molecule has 66 valence electrons. The highest BCUT2D eigenvalue weighted by Gasteiger charge is 2.21. The van der Waals surface area contributed by atoms with Gasteiger partial charge in [0.1, 0.15) is 6.67 Å². The fraction of sp³-hybridized carbons (Fsp3) is 0.300. The van der Waals surface area contributed by atoms with E-state index in [4.69, 9.17) is 0 Å². The van der Waals surface area contributed by atoms with Crippen LogP contribution in [-0.4, -0.2) is 25.2 Å². The Balaban J connectivity index is 2.24. The topological polar surface area (TPSA) is 15.6 Å². The summed E-state index contributed by atoms with van der Waals surface area (Å²) in [6.45, 7) is 1.97. The minimum Gasteiger partial charge on any atom is -0.350 e. The Hall–Kier alpha value is -0.960. The molecule has 0 radical (unpaired) electrons. The van der Waals surface area contributed by atoms with E-state index < -0.39 is 0 Å². The number of benzene rings is 1. The van der Waals surface area contributed by atoms with E-state index in [0.717, 1.165) is 13.2 Å². The zero-order valence-corrected chi connectivity index (χ0v) is 8.05. The van der Waals surface area contributed by atoms with E-state index in [1.165, 1.54) is 21.9 Å². The van der Waals surface area contributed by atoms with Gasteiger partial charge in [-0.2, -0.15) is 0 Å². The quantitative estimate of drug-likeness (QED) is 0.621. The molecule has 0 unspecified atom stereocenters. The zero-order valence-electron chi connectivity index (χ0n) is 7.23. The molecule has 0 N–H and O–H groups in total. The summed E-state index contributed by atoms with van der Waals surface area (Å²) in [4.78, 5) is 8.11. The van der Waals surface area contributed by atoms with Gasteiger partial charge in [-0.25, -0.2) is 0 Å². The minimum absolute atomic E-state index is 0.838. The molecule has 3 rings (SSSR count). The maximum atomic E-state index is 4.34. The van der Waals surface area contributed by atoms with Crippen molar-refractivity contribution >= 4 is 23.7 Å². The van der Waals surface area contributed by atoms with Crippen molar-refractivity contribution in [2.45, 2.75) is 4.90 Å². The van der Waals surface area contributed by atoms with E-state index in [9.17, 15) is 0 Å². The first kappa shape index (κ1) is 7.44. The molecule has 0 fully saturated rings. The van der Waals surface area contributed by atoms with E-state index in [-0.39, 0.29) is 0 Å². The molecule has 0 aliphatic carbocycles. The molecule has 0 bridgehead atoms. The van der Waals surface area contributed by atoms with E-state index >= 15 is 0 Å². The smallest absolute Gasteiger partial charge is 0.110 e. The van der Waals surface area contributed by atoms with Crippen LogP contribution in [0.3, 0.4) is 0 Å². The van der Waals surface area contributed by atoms with Gasteiger partial charge < -0.3 is 4.90 Å². The molecule has 1 aromatic rings. The molecule has 2 nitrogen and oxygen atoms in total. The summed E-state index contributed by atoms with van der Waals surface area (Å²) in [5, 5.41) is 0. The van der Waals surface area contributed by atoms with Crippen LogP contribution in [0.5, 0.6) is 0 Å². The molecule has 2 aliphatic heterocycles. The van der Waals surface area contributed by atoms with Crippen LogP contribution < -0.4 is 4.90 Å². The van der Waals surface area contributed by atoms with Gasteiger partial charge in [-0.1, -0.05) is 12.1 Å². The first-order chi connectivity index (χ1) is 6.45.